The number of thiophene rings is 1. The highest BCUT2D eigenvalue weighted by Gasteiger charge is 2.21. The lowest BCUT2D eigenvalue weighted by Crippen LogP contribution is -2.16. The van der Waals surface area contributed by atoms with Gasteiger partial charge in [-0.2, -0.15) is 0 Å². The molecule has 5 rings (SSSR count). The molecular formula is C23H24N4O2S2. The van der Waals surface area contributed by atoms with Crippen LogP contribution in [0, 0.1) is 13.8 Å². The first-order valence-corrected chi connectivity index (χ1v) is 12.2. The molecule has 1 saturated heterocycles. The van der Waals surface area contributed by atoms with Gasteiger partial charge in [0, 0.05) is 11.5 Å². The highest BCUT2D eigenvalue weighted by Crippen LogP contribution is 2.30. The van der Waals surface area contributed by atoms with Gasteiger partial charge < -0.3 is 14.3 Å². The van der Waals surface area contributed by atoms with Gasteiger partial charge in [0.15, 0.2) is 5.16 Å². The predicted molar refractivity (Wildman–Crippen MR) is 126 cm³/mol. The van der Waals surface area contributed by atoms with E-state index in [1.54, 1.807) is 23.1 Å². The summed E-state index contributed by atoms with van der Waals surface area (Å²) < 4.78 is 8.14. The first-order valence-electron chi connectivity index (χ1n) is 10.4. The molecule has 0 aliphatic carbocycles. The summed E-state index contributed by atoms with van der Waals surface area (Å²) in [6.45, 7) is 5.61. The van der Waals surface area contributed by atoms with Crippen LogP contribution in [0.4, 0.5) is 0 Å². The number of hydrogen-bond acceptors (Lipinski definition) is 6. The molecule has 0 spiro atoms. The zero-order valence-electron chi connectivity index (χ0n) is 17.6. The van der Waals surface area contributed by atoms with Crippen LogP contribution in [0.3, 0.4) is 0 Å². The fraction of sp³-hybridized carbons (Fsp3) is 0.348. The highest BCUT2D eigenvalue weighted by atomic mass is 32.2. The second-order valence-electron chi connectivity index (χ2n) is 7.80. The van der Waals surface area contributed by atoms with E-state index in [9.17, 15) is 4.79 Å². The number of rotatable bonds is 6. The minimum absolute atomic E-state index is 0.0601. The molecule has 1 aliphatic rings. The summed E-state index contributed by atoms with van der Waals surface area (Å²) in [7, 11) is 0. The zero-order valence-corrected chi connectivity index (χ0v) is 19.2. The molecule has 6 nitrogen and oxygen atoms in total. The number of aryl methyl sites for hydroxylation is 2. The Bertz CT molecular complexity index is 1270. The lowest BCUT2D eigenvalue weighted by atomic mass is 10.1. The summed E-state index contributed by atoms with van der Waals surface area (Å²) in [5, 5.41) is 1.62. The van der Waals surface area contributed by atoms with Gasteiger partial charge in [-0.3, -0.25) is 4.79 Å². The standard InChI is InChI=1S/C23H24N4O2S2/c1-14-15(2)31-22-20(14)21(28)25-19(26-22)13-30-23-24-11-18(16-7-4-3-5-8-16)27(23)12-17-9-6-10-29-17/h3-5,7-8,11,17H,6,9-10,12-13H2,1-2H3,(H,25,26,28). The Kier molecular flexibility index (Phi) is 5.69. The normalized spacial score (nSPS) is 16.4. The lowest BCUT2D eigenvalue weighted by Gasteiger charge is -2.16. The van der Waals surface area contributed by atoms with Crippen molar-refractivity contribution in [1.82, 2.24) is 19.5 Å². The lowest BCUT2D eigenvalue weighted by molar-refractivity contribution is 0.0954. The van der Waals surface area contributed by atoms with E-state index in [2.05, 4.69) is 21.7 Å². The summed E-state index contributed by atoms with van der Waals surface area (Å²) in [6, 6.07) is 10.3. The molecule has 1 N–H and O–H groups in total. The van der Waals surface area contributed by atoms with Crippen molar-refractivity contribution < 1.29 is 4.74 Å². The Balaban J connectivity index is 1.44. The SMILES string of the molecule is Cc1sc2nc(CSc3ncc(-c4ccccc4)n3CC3CCCO3)[nH]c(=O)c2c1C. The Morgan fingerprint density at radius 1 is 1.29 bits per heavy atom. The average Bonchev–Trinajstić information content (AvgIpc) is 3.48. The van der Waals surface area contributed by atoms with Gasteiger partial charge in [0.2, 0.25) is 0 Å². The van der Waals surface area contributed by atoms with Crippen LogP contribution in [0.15, 0.2) is 46.5 Å². The smallest absolute Gasteiger partial charge is 0.259 e. The van der Waals surface area contributed by atoms with E-state index in [-0.39, 0.29) is 11.7 Å². The number of thioether (sulfide) groups is 1. The molecule has 31 heavy (non-hydrogen) atoms. The molecule has 160 valence electrons. The summed E-state index contributed by atoms with van der Waals surface area (Å²) in [5.41, 5.74) is 3.18. The molecule has 0 radical (unpaired) electrons. The Morgan fingerprint density at radius 3 is 2.90 bits per heavy atom. The quantitative estimate of drug-likeness (QED) is 0.420. The Morgan fingerprint density at radius 2 is 2.13 bits per heavy atom. The molecule has 3 aromatic heterocycles. The number of aromatic nitrogens is 4. The number of fused-ring (bicyclic) bond motifs is 1. The van der Waals surface area contributed by atoms with Crippen LogP contribution in [0.25, 0.3) is 21.5 Å². The van der Waals surface area contributed by atoms with Crippen LogP contribution in [0.1, 0.15) is 29.1 Å². The molecule has 1 unspecified atom stereocenters. The number of hydrogen-bond donors (Lipinski definition) is 1. The van der Waals surface area contributed by atoms with E-state index in [0.717, 1.165) is 57.7 Å². The van der Waals surface area contributed by atoms with E-state index in [4.69, 9.17) is 14.7 Å². The number of benzene rings is 1. The van der Waals surface area contributed by atoms with Gasteiger partial charge in [-0.1, -0.05) is 42.1 Å². The maximum absolute atomic E-state index is 12.6. The zero-order chi connectivity index (χ0) is 21.4. The second-order valence-corrected chi connectivity index (χ2v) is 9.95. The number of aromatic amines is 1. The van der Waals surface area contributed by atoms with Crippen LogP contribution >= 0.6 is 23.1 Å². The monoisotopic (exact) mass is 452 g/mol. The van der Waals surface area contributed by atoms with Crippen molar-refractivity contribution in [2.24, 2.45) is 0 Å². The largest absolute Gasteiger partial charge is 0.376 e. The van der Waals surface area contributed by atoms with Gasteiger partial charge in [-0.05, 0) is 37.8 Å². The molecule has 0 bridgehead atoms. The topological polar surface area (TPSA) is 72.8 Å². The molecule has 1 aliphatic heterocycles. The van der Waals surface area contributed by atoms with Crippen LogP contribution in [0.2, 0.25) is 0 Å². The van der Waals surface area contributed by atoms with Gasteiger partial charge >= 0.3 is 0 Å². The average molecular weight is 453 g/mol. The van der Waals surface area contributed by atoms with Gasteiger partial charge in [-0.15, -0.1) is 11.3 Å². The van der Waals surface area contributed by atoms with Crippen molar-refractivity contribution in [2.75, 3.05) is 6.61 Å². The van der Waals surface area contributed by atoms with E-state index < -0.39 is 0 Å². The van der Waals surface area contributed by atoms with Gasteiger partial charge in [0.25, 0.3) is 5.56 Å². The third-order valence-corrected chi connectivity index (χ3v) is 7.83. The van der Waals surface area contributed by atoms with Crippen LogP contribution in [-0.4, -0.2) is 32.2 Å². The van der Waals surface area contributed by atoms with E-state index >= 15 is 0 Å². The van der Waals surface area contributed by atoms with E-state index in [1.807, 2.05) is 38.2 Å². The Labute approximate surface area is 188 Å². The van der Waals surface area contributed by atoms with Gasteiger partial charge in [0.1, 0.15) is 10.7 Å². The maximum Gasteiger partial charge on any atom is 0.259 e. The fourth-order valence-electron chi connectivity index (χ4n) is 3.98. The van der Waals surface area contributed by atoms with Gasteiger partial charge in [-0.25, -0.2) is 9.97 Å². The molecule has 8 heteroatoms. The predicted octanol–water partition coefficient (Wildman–Crippen LogP) is 4.94. The van der Waals surface area contributed by atoms with E-state index in [1.165, 1.54) is 0 Å². The summed E-state index contributed by atoms with van der Waals surface area (Å²) in [5.74, 6) is 1.23. The minimum Gasteiger partial charge on any atom is -0.376 e. The number of ether oxygens (including phenoxy) is 1. The first kappa shape index (κ1) is 20.5. The third kappa shape index (κ3) is 4.07. The molecule has 1 atom stereocenters. The fourth-order valence-corrected chi connectivity index (χ4v) is 5.89. The Hall–Kier alpha value is -2.42. The summed E-state index contributed by atoms with van der Waals surface area (Å²) in [6.07, 6.45) is 4.31. The number of nitrogens with one attached hydrogen (secondary N) is 1. The second kappa shape index (κ2) is 8.61. The van der Waals surface area contributed by atoms with Gasteiger partial charge in [0.05, 0.1) is 35.7 Å². The molecule has 1 fully saturated rings. The van der Waals surface area contributed by atoms with Crippen molar-refractivity contribution in [1.29, 1.82) is 0 Å². The molecule has 4 aromatic rings. The minimum atomic E-state index is -0.0601. The van der Waals surface area contributed by atoms with Crippen LogP contribution in [0.5, 0.6) is 0 Å². The molecule has 4 heterocycles. The van der Waals surface area contributed by atoms with Crippen molar-refractivity contribution in [3.8, 4) is 11.3 Å². The number of imidazole rings is 1. The van der Waals surface area contributed by atoms with Crippen molar-refractivity contribution in [2.45, 2.75) is 50.2 Å². The van der Waals surface area contributed by atoms with Crippen molar-refractivity contribution in [3.63, 3.8) is 0 Å². The summed E-state index contributed by atoms with van der Waals surface area (Å²) in [4.78, 5) is 26.9. The van der Waals surface area contributed by atoms with Crippen molar-refractivity contribution >= 4 is 33.3 Å². The third-order valence-electron chi connectivity index (χ3n) is 5.72. The van der Waals surface area contributed by atoms with Crippen LogP contribution < -0.4 is 5.56 Å². The highest BCUT2D eigenvalue weighted by molar-refractivity contribution is 7.98. The molecule has 0 saturated carbocycles. The van der Waals surface area contributed by atoms with E-state index in [0.29, 0.717) is 17.0 Å². The number of nitrogens with zero attached hydrogens (tertiary/aromatic N) is 3. The number of H-pyrrole nitrogens is 1. The van der Waals surface area contributed by atoms with Crippen LogP contribution in [-0.2, 0) is 17.0 Å². The summed E-state index contributed by atoms with van der Waals surface area (Å²) >= 11 is 3.17. The van der Waals surface area contributed by atoms with Crippen molar-refractivity contribution in [3.05, 3.63) is 63.1 Å². The molecule has 1 aromatic carbocycles. The first-order chi connectivity index (χ1) is 15.1. The molecular weight excluding hydrogens is 428 g/mol. The maximum atomic E-state index is 12.6. The molecule has 0 amide bonds.